The molecule has 1 fully saturated rings. The highest BCUT2D eigenvalue weighted by molar-refractivity contribution is 5.31. The largest absolute Gasteiger partial charge is 0.316 e. The maximum Gasteiger partial charge on any atom is 0.133 e. The van der Waals surface area contributed by atoms with Gasteiger partial charge in [0.1, 0.15) is 11.6 Å². The predicted molar refractivity (Wildman–Crippen MR) is 85.6 cm³/mol. The third-order valence-corrected chi connectivity index (χ3v) is 4.38. The molecule has 0 bridgehead atoms. The summed E-state index contributed by atoms with van der Waals surface area (Å²) in [6.45, 7) is 6.19. The summed E-state index contributed by atoms with van der Waals surface area (Å²) in [4.78, 5) is 9.28. The fraction of sp³-hybridized carbons (Fsp3) is 0.444. The number of piperidine rings is 1. The van der Waals surface area contributed by atoms with Gasteiger partial charge < -0.3 is 5.32 Å². The number of aromatic nitrogens is 2. The van der Waals surface area contributed by atoms with Crippen molar-refractivity contribution in [2.75, 3.05) is 13.1 Å². The molecule has 4 heteroatoms. The molecule has 1 saturated heterocycles. The Bertz CT molecular complexity index is 640. The molecule has 0 radical (unpaired) electrons. The Kier molecular flexibility index (Phi) is 4.48. The molecule has 0 spiro atoms. The van der Waals surface area contributed by atoms with E-state index in [0.717, 1.165) is 24.5 Å². The normalized spacial score (nSPS) is 18.4. The smallest absolute Gasteiger partial charge is 0.133 e. The van der Waals surface area contributed by atoms with E-state index >= 15 is 0 Å². The quantitative estimate of drug-likeness (QED) is 0.945. The van der Waals surface area contributed by atoms with Crippen LogP contribution in [0.4, 0.5) is 4.39 Å². The van der Waals surface area contributed by atoms with Crippen molar-refractivity contribution in [1.29, 1.82) is 0 Å². The van der Waals surface area contributed by atoms with Gasteiger partial charge in [-0.3, -0.25) is 0 Å². The van der Waals surface area contributed by atoms with Gasteiger partial charge in [-0.05, 0) is 56.3 Å². The van der Waals surface area contributed by atoms with Crippen molar-refractivity contribution in [2.45, 2.75) is 39.0 Å². The molecule has 2 aromatic rings. The van der Waals surface area contributed by atoms with Crippen molar-refractivity contribution in [2.24, 2.45) is 0 Å². The SMILES string of the molecule is Cc1nc(Cc2ccccc2F)nc(C)c1C1CCCNC1. The van der Waals surface area contributed by atoms with Gasteiger partial charge in [-0.25, -0.2) is 14.4 Å². The molecule has 1 aromatic heterocycles. The Hall–Kier alpha value is -1.81. The molecule has 22 heavy (non-hydrogen) atoms. The Morgan fingerprint density at radius 2 is 1.91 bits per heavy atom. The first-order valence-corrected chi connectivity index (χ1v) is 7.93. The van der Waals surface area contributed by atoms with Crippen LogP contribution in [0, 0.1) is 19.7 Å². The van der Waals surface area contributed by atoms with Gasteiger partial charge in [0.25, 0.3) is 0 Å². The number of halogens is 1. The first-order chi connectivity index (χ1) is 10.6. The van der Waals surface area contributed by atoms with Crippen LogP contribution in [-0.4, -0.2) is 23.1 Å². The Morgan fingerprint density at radius 3 is 2.55 bits per heavy atom. The van der Waals surface area contributed by atoms with Crippen molar-refractivity contribution in [3.05, 3.63) is 58.4 Å². The molecule has 3 rings (SSSR count). The molecule has 0 aliphatic carbocycles. The molecule has 0 amide bonds. The summed E-state index contributed by atoms with van der Waals surface area (Å²) < 4.78 is 13.8. The molecule has 3 nitrogen and oxygen atoms in total. The number of nitrogens with zero attached hydrogens (tertiary/aromatic N) is 2. The highest BCUT2D eigenvalue weighted by atomic mass is 19.1. The molecule has 1 N–H and O–H groups in total. The minimum Gasteiger partial charge on any atom is -0.316 e. The predicted octanol–water partition coefficient (Wildman–Crippen LogP) is 3.29. The highest BCUT2D eigenvalue weighted by Crippen LogP contribution is 2.27. The van der Waals surface area contributed by atoms with Crippen LogP contribution in [0.15, 0.2) is 24.3 Å². The van der Waals surface area contributed by atoms with E-state index in [4.69, 9.17) is 0 Å². The lowest BCUT2D eigenvalue weighted by Crippen LogP contribution is -2.29. The van der Waals surface area contributed by atoms with Crippen molar-refractivity contribution in [3.8, 4) is 0 Å². The Morgan fingerprint density at radius 1 is 1.18 bits per heavy atom. The lowest BCUT2D eigenvalue weighted by molar-refractivity contribution is 0.456. The highest BCUT2D eigenvalue weighted by Gasteiger charge is 2.21. The summed E-state index contributed by atoms with van der Waals surface area (Å²) in [6.07, 6.45) is 2.82. The lowest BCUT2D eigenvalue weighted by atomic mass is 9.89. The van der Waals surface area contributed by atoms with Crippen LogP contribution in [0.3, 0.4) is 0 Å². The van der Waals surface area contributed by atoms with Gasteiger partial charge in [0.15, 0.2) is 0 Å². The maximum atomic E-state index is 13.8. The van der Waals surface area contributed by atoms with E-state index in [1.54, 1.807) is 12.1 Å². The zero-order valence-electron chi connectivity index (χ0n) is 13.2. The number of aryl methyl sites for hydroxylation is 2. The van der Waals surface area contributed by atoms with E-state index in [9.17, 15) is 4.39 Å². The second-order valence-electron chi connectivity index (χ2n) is 6.04. The van der Waals surface area contributed by atoms with Crippen LogP contribution in [0.2, 0.25) is 0 Å². The molecule has 1 aliphatic rings. The van der Waals surface area contributed by atoms with Crippen LogP contribution in [0.5, 0.6) is 0 Å². The summed E-state index contributed by atoms with van der Waals surface area (Å²) in [5.74, 6) is 1.01. The molecular formula is C18H22FN3. The van der Waals surface area contributed by atoms with Crippen molar-refractivity contribution >= 4 is 0 Å². The minimum atomic E-state index is -0.193. The van der Waals surface area contributed by atoms with Gasteiger partial charge in [-0.2, -0.15) is 0 Å². The van der Waals surface area contributed by atoms with Gasteiger partial charge in [0.2, 0.25) is 0 Å². The monoisotopic (exact) mass is 299 g/mol. The zero-order valence-corrected chi connectivity index (χ0v) is 13.2. The number of hydrogen-bond acceptors (Lipinski definition) is 3. The van der Waals surface area contributed by atoms with Crippen molar-refractivity contribution in [1.82, 2.24) is 15.3 Å². The van der Waals surface area contributed by atoms with Crippen LogP contribution in [0.1, 0.15) is 47.1 Å². The van der Waals surface area contributed by atoms with Gasteiger partial charge >= 0.3 is 0 Å². The standard InChI is InChI=1S/C18H22FN3/c1-12-18(15-7-5-9-20-11-15)13(2)22-17(21-12)10-14-6-3-4-8-16(14)19/h3-4,6,8,15,20H,5,7,9-11H2,1-2H3. The first kappa shape index (κ1) is 15.1. The number of rotatable bonds is 3. The molecule has 1 aliphatic heterocycles. The van der Waals surface area contributed by atoms with E-state index in [0.29, 0.717) is 23.7 Å². The first-order valence-electron chi connectivity index (χ1n) is 7.93. The van der Waals surface area contributed by atoms with Gasteiger partial charge in [-0.15, -0.1) is 0 Å². The molecular weight excluding hydrogens is 277 g/mol. The van der Waals surface area contributed by atoms with Crippen LogP contribution >= 0.6 is 0 Å². The van der Waals surface area contributed by atoms with Crippen molar-refractivity contribution in [3.63, 3.8) is 0 Å². The zero-order chi connectivity index (χ0) is 15.5. The number of hydrogen-bond donors (Lipinski definition) is 1. The lowest BCUT2D eigenvalue weighted by Gasteiger charge is -2.25. The maximum absolute atomic E-state index is 13.8. The summed E-state index contributed by atoms with van der Waals surface area (Å²) >= 11 is 0. The van der Waals surface area contributed by atoms with Crippen LogP contribution < -0.4 is 5.32 Å². The van der Waals surface area contributed by atoms with E-state index in [-0.39, 0.29) is 5.82 Å². The number of nitrogens with one attached hydrogen (secondary N) is 1. The average Bonchev–Trinajstić information content (AvgIpc) is 2.50. The fourth-order valence-electron chi connectivity index (χ4n) is 3.37. The molecule has 1 atom stereocenters. The summed E-state index contributed by atoms with van der Waals surface area (Å²) in [6, 6.07) is 6.83. The summed E-state index contributed by atoms with van der Waals surface area (Å²) in [5, 5.41) is 3.44. The number of benzene rings is 1. The second kappa shape index (κ2) is 6.53. The van der Waals surface area contributed by atoms with E-state index in [1.807, 2.05) is 19.9 Å². The van der Waals surface area contributed by atoms with Gasteiger partial charge in [0, 0.05) is 24.4 Å². The van der Waals surface area contributed by atoms with Gasteiger partial charge in [-0.1, -0.05) is 18.2 Å². The molecule has 116 valence electrons. The topological polar surface area (TPSA) is 37.8 Å². The van der Waals surface area contributed by atoms with Crippen molar-refractivity contribution < 1.29 is 4.39 Å². The molecule has 0 saturated carbocycles. The Labute approximate surface area is 131 Å². The van der Waals surface area contributed by atoms with E-state index in [1.165, 1.54) is 24.5 Å². The minimum absolute atomic E-state index is 0.193. The summed E-state index contributed by atoms with van der Waals surface area (Å²) in [5.41, 5.74) is 3.98. The average molecular weight is 299 g/mol. The third-order valence-electron chi connectivity index (χ3n) is 4.38. The second-order valence-corrected chi connectivity index (χ2v) is 6.04. The van der Waals surface area contributed by atoms with E-state index < -0.39 is 0 Å². The Balaban J connectivity index is 1.87. The van der Waals surface area contributed by atoms with E-state index in [2.05, 4.69) is 15.3 Å². The fourth-order valence-corrected chi connectivity index (χ4v) is 3.37. The van der Waals surface area contributed by atoms with Crippen LogP contribution in [0.25, 0.3) is 0 Å². The van der Waals surface area contributed by atoms with Gasteiger partial charge in [0.05, 0.1) is 0 Å². The third kappa shape index (κ3) is 3.17. The molecule has 2 heterocycles. The van der Waals surface area contributed by atoms with Crippen LogP contribution in [-0.2, 0) is 6.42 Å². The molecule has 1 unspecified atom stereocenters. The summed E-state index contributed by atoms with van der Waals surface area (Å²) in [7, 11) is 0. The molecule has 1 aromatic carbocycles.